The van der Waals surface area contributed by atoms with Crippen LogP contribution in [0, 0.1) is 32.1 Å². The summed E-state index contributed by atoms with van der Waals surface area (Å²) in [4.78, 5) is 23.6. The van der Waals surface area contributed by atoms with Crippen LogP contribution < -0.4 is 10.6 Å². The second kappa shape index (κ2) is 8.13. The molecule has 2 aromatic carbocycles. The molecule has 2 N–H and O–H groups in total. The summed E-state index contributed by atoms with van der Waals surface area (Å²) >= 11 is 0. The zero-order chi connectivity index (χ0) is 19.3. The van der Waals surface area contributed by atoms with Gasteiger partial charge in [0, 0.05) is 23.1 Å². The van der Waals surface area contributed by atoms with E-state index in [1.807, 2.05) is 39.0 Å². The fourth-order valence-electron chi connectivity index (χ4n) is 2.69. The SMILES string of the molecule is CC(=O)c1ccc(NC(=O)/C(C#N)=C\Nc2c(C)cc(C)cc2C)cc1. The van der Waals surface area contributed by atoms with E-state index in [-0.39, 0.29) is 11.4 Å². The highest BCUT2D eigenvalue weighted by Gasteiger charge is 2.11. The zero-order valence-corrected chi connectivity index (χ0v) is 15.3. The number of aryl methyl sites for hydroxylation is 3. The van der Waals surface area contributed by atoms with E-state index in [9.17, 15) is 14.9 Å². The summed E-state index contributed by atoms with van der Waals surface area (Å²) in [7, 11) is 0. The Bertz CT molecular complexity index is 896. The van der Waals surface area contributed by atoms with E-state index in [4.69, 9.17) is 0 Å². The molecule has 5 nitrogen and oxygen atoms in total. The van der Waals surface area contributed by atoms with Gasteiger partial charge in [-0.2, -0.15) is 5.26 Å². The summed E-state index contributed by atoms with van der Waals surface area (Å²) in [5.74, 6) is -0.563. The Morgan fingerprint density at radius 3 is 2.12 bits per heavy atom. The molecule has 0 aliphatic rings. The van der Waals surface area contributed by atoms with Crippen molar-refractivity contribution in [1.29, 1.82) is 5.26 Å². The van der Waals surface area contributed by atoms with Crippen LogP contribution in [0.3, 0.4) is 0 Å². The summed E-state index contributed by atoms with van der Waals surface area (Å²) in [6.45, 7) is 7.44. The van der Waals surface area contributed by atoms with Crippen molar-refractivity contribution in [3.63, 3.8) is 0 Å². The average Bonchev–Trinajstić information content (AvgIpc) is 2.57. The van der Waals surface area contributed by atoms with Crippen molar-refractivity contribution >= 4 is 23.1 Å². The fraction of sp³-hybridized carbons (Fsp3) is 0.190. The van der Waals surface area contributed by atoms with Gasteiger partial charge in [0.05, 0.1) is 0 Å². The number of benzene rings is 2. The number of hydrogen-bond acceptors (Lipinski definition) is 4. The summed E-state index contributed by atoms with van der Waals surface area (Å²) in [6.07, 6.45) is 1.41. The van der Waals surface area contributed by atoms with Crippen LogP contribution in [-0.4, -0.2) is 11.7 Å². The molecule has 0 unspecified atom stereocenters. The van der Waals surface area contributed by atoms with Crippen molar-refractivity contribution in [1.82, 2.24) is 0 Å². The van der Waals surface area contributed by atoms with Gasteiger partial charge >= 0.3 is 0 Å². The molecule has 1 amide bonds. The molecule has 0 saturated heterocycles. The van der Waals surface area contributed by atoms with Crippen LogP contribution in [0.25, 0.3) is 0 Å². The molecule has 0 aliphatic carbocycles. The van der Waals surface area contributed by atoms with E-state index in [1.54, 1.807) is 24.3 Å². The number of ketones is 1. The molecular formula is C21H21N3O2. The first-order chi connectivity index (χ1) is 12.3. The van der Waals surface area contributed by atoms with Crippen molar-refractivity contribution in [2.45, 2.75) is 27.7 Å². The molecule has 0 spiro atoms. The smallest absolute Gasteiger partial charge is 0.267 e. The van der Waals surface area contributed by atoms with Crippen molar-refractivity contribution in [3.05, 3.63) is 70.4 Å². The van der Waals surface area contributed by atoms with Crippen LogP contribution in [-0.2, 0) is 4.79 Å². The van der Waals surface area contributed by atoms with E-state index in [0.29, 0.717) is 11.3 Å². The molecule has 5 heteroatoms. The number of anilines is 2. The van der Waals surface area contributed by atoms with Gasteiger partial charge in [0.15, 0.2) is 5.78 Å². The predicted octanol–water partition coefficient (Wildman–Crippen LogP) is 4.27. The Morgan fingerprint density at radius 1 is 1.04 bits per heavy atom. The number of nitriles is 1. The van der Waals surface area contributed by atoms with Crippen molar-refractivity contribution in [2.75, 3.05) is 10.6 Å². The molecule has 0 aromatic heterocycles. The summed E-state index contributed by atoms with van der Waals surface area (Å²) in [6, 6.07) is 12.5. The first-order valence-electron chi connectivity index (χ1n) is 8.19. The van der Waals surface area contributed by atoms with E-state index >= 15 is 0 Å². The van der Waals surface area contributed by atoms with Crippen molar-refractivity contribution in [2.24, 2.45) is 0 Å². The third-order valence-electron chi connectivity index (χ3n) is 3.95. The van der Waals surface area contributed by atoms with Gasteiger partial charge in [-0.05, 0) is 63.1 Å². The summed E-state index contributed by atoms with van der Waals surface area (Å²) < 4.78 is 0. The van der Waals surface area contributed by atoms with Crippen LogP contribution in [0.1, 0.15) is 34.0 Å². The molecular weight excluding hydrogens is 326 g/mol. The number of nitrogens with one attached hydrogen (secondary N) is 2. The largest absolute Gasteiger partial charge is 0.360 e. The predicted molar refractivity (Wildman–Crippen MR) is 103 cm³/mol. The van der Waals surface area contributed by atoms with Crippen LogP contribution >= 0.6 is 0 Å². The minimum Gasteiger partial charge on any atom is -0.360 e. The molecule has 0 bridgehead atoms. The molecule has 0 saturated carbocycles. The summed E-state index contributed by atoms with van der Waals surface area (Å²) in [5.41, 5.74) is 5.14. The van der Waals surface area contributed by atoms with Gasteiger partial charge in [-0.15, -0.1) is 0 Å². The maximum absolute atomic E-state index is 12.3. The summed E-state index contributed by atoms with van der Waals surface area (Å²) in [5, 5.41) is 15.0. The van der Waals surface area contributed by atoms with Gasteiger partial charge in [-0.3, -0.25) is 9.59 Å². The van der Waals surface area contributed by atoms with Crippen LogP contribution in [0.15, 0.2) is 48.2 Å². The van der Waals surface area contributed by atoms with E-state index in [1.165, 1.54) is 13.1 Å². The number of carbonyl (C=O) groups excluding carboxylic acids is 2. The Balaban J connectivity index is 2.15. The van der Waals surface area contributed by atoms with Gasteiger partial charge in [0.25, 0.3) is 5.91 Å². The molecule has 2 aromatic rings. The minimum absolute atomic E-state index is 0.0416. The Kier molecular flexibility index (Phi) is 5.92. The number of hydrogen-bond donors (Lipinski definition) is 2. The third kappa shape index (κ3) is 4.58. The number of carbonyl (C=O) groups is 2. The van der Waals surface area contributed by atoms with Crippen LogP contribution in [0.2, 0.25) is 0 Å². The maximum Gasteiger partial charge on any atom is 0.267 e. The Morgan fingerprint density at radius 2 is 1.62 bits per heavy atom. The first-order valence-corrected chi connectivity index (χ1v) is 8.19. The standard InChI is InChI=1S/C21H21N3O2/c1-13-9-14(2)20(15(3)10-13)23-12-18(11-22)21(26)24-19-7-5-17(6-8-19)16(4)25/h5-10,12,23H,1-4H3,(H,24,26)/b18-12-. The second-order valence-corrected chi connectivity index (χ2v) is 6.18. The van der Waals surface area contributed by atoms with E-state index in [0.717, 1.165) is 22.4 Å². The van der Waals surface area contributed by atoms with Gasteiger partial charge in [-0.1, -0.05) is 17.7 Å². The zero-order valence-electron chi connectivity index (χ0n) is 15.3. The number of amides is 1. The molecule has 132 valence electrons. The molecule has 0 radical (unpaired) electrons. The van der Waals surface area contributed by atoms with Crippen LogP contribution in [0.4, 0.5) is 11.4 Å². The average molecular weight is 347 g/mol. The monoisotopic (exact) mass is 347 g/mol. The lowest BCUT2D eigenvalue weighted by atomic mass is 10.1. The third-order valence-corrected chi connectivity index (χ3v) is 3.95. The Hall–Kier alpha value is -3.39. The van der Waals surface area contributed by atoms with E-state index < -0.39 is 5.91 Å². The highest BCUT2D eigenvalue weighted by molar-refractivity contribution is 6.07. The van der Waals surface area contributed by atoms with Gasteiger partial charge < -0.3 is 10.6 Å². The Labute approximate surface area is 153 Å². The van der Waals surface area contributed by atoms with E-state index in [2.05, 4.69) is 10.6 Å². The molecule has 2 rings (SSSR count). The maximum atomic E-state index is 12.3. The molecule has 0 atom stereocenters. The van der Waals surface area contributed by atoms with Gasteiger partial charge in [0.2, 0.25) is 0 Å². The lowest BCUT2D eigenvalue weighted by molar-refractivity contribution is -0.112. The first kappa shape index (κ1) is 18.9. The lowest BCUT2D eigenvalue weighted by Gasteiger charge is -2.11. The van der Waals surface area contributed by atoms with Crippen molar-refractivity contribution in [3.8, 4) is 6.07 Å². The minimum atomic E-state index is -0.516. The number of Topliss-reactive ketones (excluding diaryl/α,β-unsaturated/α-hetero) is 1. The normalized spacial score (nSPS) is 10.8. The topological polar surface area (TPSA) is 82.0 Å². The number of rotatable bonds is 5. The molecule has 0 aliphatic heterocycles. The highest BCUT2D eigenvalue weighted by atomic mass is 16.1. The lowest BCUT2D eigenvalue weighted by Crippen LogP contribution is -2.14. The quantitative estimate of drug-likeness (QED) is 0.481. The molecule has 0 heterocycles. The van der Waals surface area contributed by atoms with Gasteiger partial charge in [-0.25, -0.2) is 0 Å². The molecule has 0 fully saturated rings. The van der Waals surface area contributed by atoms with Crippen LogP contribution in [0.5, 0.6) is 0 Å². The fourth-order valence-corrected chi connectivity index (χ4v) is 2.69. The second-order valence-electron chi connectivity index (χ2n) is 6.18. The van der Waals surface area contributed by atoms with Crippen molar-refractivity contribution < 1.29 is 9.59 Å². The van der Waals surface area contributed by atoms with Gasteiger partial charge in [0.1, 0.15) is 11.6 Å². The number of nitrogens with zero attached hydrogens (tertiary/aromatic N) is 1. The highest BCUT2D eigenvalue weighted by Crippen LogP contribution is 2.22. The molecule has 26 heavy (non-hydrogen) atoms.